The molecule has 4 rings (SSSR count). The number of carbonyl (C=O) groups is 1. The quantitative estimate of drug-likeness (QED) is 0.486. The van der Waals surface area contributed by atoms with Crippen molar-refractivity contribution in [2.24, 2.45) is 4.99 Å². The Balaban J connectivity index is 1.37. The number of aromatic nitrogens is 2. The van der Waals surface area contributed by atoms with Gasteiger partial charge in [0.1, 0.15) is 19.0 Å². The van der Waals surface area contributed by atoms with Crippen LogP contribution in [0.3, 0.4) is 0 Å². The monoisotopic (exact) mass is 412 g/mol. The maximum Gasteiger partial charge on any atom is 0.326 e. The number of nitrogens with one attached hydrogen (secondary N) is 1. The molecule has 1 N–H and O–H groups in total. The number of rotatable bonds is 5. The average molecular weight is 412 g/mol. The summed E-state index contributed by atoms with van der Waals surface area (Å²) in [5.74, 6) is -0.400. The Labute approximate surface area is 165 Å². The highest BCUT2D eigenvalue weighted by Gasteiger charge is 2.29. The summed E-state index contributed by atoms with van der Waals surface area (Å²) < 4.78 is 32.7. The van der Waals surface area contributed by atoms with Crippen LogP contribution in [0.15, 0.2) is 69.5 Å². The highest BCUT2D eigenvalue weighted by atomic mass is 32.2. The molecule has 0 fully saturated rings. The van der Waals surface area contributed by atoms with E-state index in [1.807, 2.05) is 0 Å². The first-order valence-corrected chi connectivity index (χ1v) is 10.2. The van der Waals surface area contributed by atoms with E-state index in [1.54, 1.807) is 42.5 Å². The largest absolute Gasteiger partial charge is 0.462 e. The molecule has 0 radical (unpaired) electrons. The highest BCUT2D eigenvalue weighted by Crippen LogP contribution is 2.21. The number of para-hydroxylation sites is 1. The van der Waals surface area contributed by atoms with Gasteiger partial charge in [-0.3, -0.25) is 23.9 Å². The normalized spacial score (nSPS) is 15.8. The summed E-state index contributed by atoms with van der Waals surface area (Å²) in [6, 6.07) is 13.3. The number of fused-ring (bicyclic) bond motifs is 2. The molecule has 0 aliphatic carbocycles. The van der Waals surface area contributed by atoms with E-state index in [1.165, 1.54) is 17.0 Å². The SMILES string of the molecule is O=C(Cn1cnc2ccccc2c1=O)OCCN=C1NS(=O)(=O)c2ccccc21. The second kappa shape index (κ2) is 7.47. The van der Waals surface area contributed by atoms with Gasteiger partial charge in [-0.25, -0.2) is 13.4 Å². The number of ether oxygens (including phenoxy) is 1. The lowest BCUT2D eigenvalue weighted by atomic mass is 10.2. The molecule has 0 spiro atoms. The molecular weight excluding hydrogens is 396 g/mol. The van der Waals surface area contributed by atoms with Crippen molar-refractivity contribution in [3.8, 4) is 0 Å². The summed E-state index contributed by atoms with van der Waals surface area (Å²) in [5.41, 5.74) is 0.703. The van der Waals surface area contributed by atoms with Crippen molar-refractivity contribution < 1.29 is 17.9 Å². The fourth-order valence-electron chi connectivity index (χ4n) is 2.97. The van der Waals surface area contributed by atoms with Crippen LogP contribution >= 0.6 is 0 Å². The van der Waals surface area contributed by atoms with Gasteiger partial charge in [0.25, 0.3) is 15.6 Å². The molecular formula is C19H16N4O5S. The summed E-state index contributed by atoms with van der Waals surface area (Å²) in [5, 5.41) is 0.418. The van der Waals surface area contributed by atoms with Crippen LogP contribution in [0.4, 0.5) is 0 Å². The Kier molecular flexibility index (Phi) is 4.85. The molecule has 3 aromatic rings. The van der Waals surface area contributed by atoms with Crippen LogP contribution in [0.25, 0.3) is 10.9 Å². The highest BCUT2D eigenvalue weighted by molar-refractivity contribution is 7.90. The maximum absolute atomic E-state index is 12.4. The Morgan fingerprint density at radius 2 is 1.90 bits per heavy atom. The van der Waals surface area contributed by atoms with Crippen LogP contribution in [-0.4, -0.2) is 42.9 Å². The number of hydrogen-bond donors (Lipinski definition) is 1. The molecule has 0 amide bonds. The minimum absolute atomic E-state index is 0.0536. The van der Waals surface area contributed by atoms with E-state index in [9.17, 15) is 18.0 Å². The Bertz CT molecular complexity index is 1300. The number of amidine groups is 1. The van der Waals surface area contributed by atoms with Gasteiger partial charge in [-0.2, -0.15) is 0 Å². The van der Waals surface area contributed by atoms with E-state index in [0.717, 1.165) is 0 Å². The van der Waals surface area contributed by atoms with Gasteiger partial charge in [-0.15, -0.1) is 0 Å². The van der Waals surface area contributed by atoms with Gasteiger partial charge in [0, 0.05) is 5.56 Å². The van der Waals surface area contributed by atoms with Gasteiger partial charge in [0.05, 0.1) is 28.7 Å². The molecule has 1 aromatic heterocycles. The van der Waals surface area contributed by atoms with Gasteiger partial charge in [0.15, 0.2) is 0 Å². The second-order valence-electron chi connectivity index (χ2n) is 6.25. The summed E-state index contributed by atoms with van der Waals surface area (Å²) in [7, 11) is -3.61. The molecule has 0 saturated heterocycles. The first-order chi connectivity index (χ1) is 14.0. The van der Waals surface area contributed by atoms with E-state index in [4.69, 9.17) is 4.74 Å². The summed E-state index contributed by atoms with van der Waals surface area (Å²) in [6.45, 7) is -0.256. The average Bonchev–Trinajstić information content (AvgIpc) is 2.98. The lowest BCUT2D eigenvalue weighted by Gasteiger charge is -2.07. The van der Waals surface area contributed by atoms with E-state index in [2.05, 4.69) is 14.7 Å². The molecule has 148 valence electrons. The molecule has 0 atom stereocenters. The molecule has 1 aliphatic heterocycles. The Morgan fingerprint density at radius 3 is 2.76 bits per heavy atom. The second-order valence-corrected chi connectivity index (χ2v) is 7.90. The first-order valence-electron chi connectivity index (χ1n) is 8.72. The standard InChI is InChI=1S/C19H16N4O5S/c24-17(11-23-12-21-15-7-3-1-5-13(15)19(23)25)28-10-9-20-18-14-6-2-4-8-16(14)29(26,27)22-18/h1-8,12H,9-11H2,(H,20,22). The van der Waals surface area contributed by atoms with Crippen molar-refractivity contribution in [3.05, 3.63) is 70.8 Å². The maximum atomic E-state index is 12.4. The van der Waals surface area contributed by atoms with Crippen molar-refractivity contribution in [1.29, 1.82) is 0 Å². The van der Waals surface area contributed by atoms with Crippen LogP contribution in [-0.2, 0) is 26.1 Å². The minimum atomic E-state index is -3.61. The molecule has 1 aliphatic rings. The third kappa shape index (κ3) is 3.74. The smallest absolute Gasteiger partial charge is 0.326 e. The van der Waals surface area contributed by atoms with Crippen LogP contribution in [0.1, 0.15) is 5.56 Å². The van der Waals surface area contributed by atoms with E-state index in [0.29, 0.717) is 16.5 Å². The summed E-state index contributed by atoms with van der Waals surface area (Å²) in [6.07, 6.45) is 1.30. The Hall–Kier alpha value is -3.53. The fraction of sp³-hybridized carbons (Fsp3) is 0.158. The van der Waals surface area contributed by atoms with Gasteiger partial charge in [-0.05, 0) is 24.3 Å². The third-order valence-corrected chi connectivity index (χ3v) is 5.72. The zero-order valence-electron chi connectivity index (χ0n) is 15.1. The lowest BCUT2D eigenvalue weighted by Crippen LogP contribution is -2.26. The van der Waals surface area contributed by atoms with E-state index in [-0.39, 0.29) is 36.0 Å². The number of nitrogens with zero attached hydrogens (tertiary/aromatic N) is 3. The number of sulfonamides is 1. The van der Waals surface area contributed by atoms with Gasteiger partial charge in [-0.1, -0.05) is 24.3 Å². The molecule has 10 heteroatoms. The molecule has 9 nitrogen and oxygen atoms in total. The van der Waals surface area contributed by atoms with Crippen LogP contribution < -0.4 is 10.3 Å². The zero-order valence-corrected chi connectivity index (χ0v) is 15.9. The topological polar surface area (TPSA) is 120 Å². The molecule has 2 heterocycles. The fourth-order valence-corrected chi connectivity index (χ4v) is 4.22. The van der Waals surface area contributed by atoms with Crippen molar-refractivity contribution >= 4 is 32.7 Å². The third-order valence-electron chi connectivity index (χ3n) is 4.32. The minimum Gasteiger partial charge on any atom is -0.462 e. The first kappa shape index (κ1) is 18.8. The number of benzene rings is 2. The summed E-state index contributed by atoms with van der Waals surface area (Å²) in [4.78, 5) is 32.9. The van der Waals surface area contributed by atoms with Crippen LogP contribution in [0, 0.1) is 0 Å². The van der Waals surface area contributed by atoms with Crippen LogP contribution in [0.5, 0.6) is 0 Å². The molecule has 0 unspecified atom stereocenters. The predicted molar refractivity (Wildman–Crippen MR) is 105 cm³/mol. The van der Waals surface area contributed by atoms with Gasteiger partial charge in [0.2, 0.25) is 0 Å². The number of hydrogen-bond acceptors (Lipinski definition) is 7. The Morgan fingerprint density at radius 1 is 1.14 bits per heavy atom. The molecule has 29 heavy (non-hydrogen) atoms. The van der Waals surface area contributed by atoms with E-state index >= 15 is 0 Å². The number of aliphatic imine (C=N–C) groups is 1. The zero-order chi connectivity index (χ0) is 20.4. The van der Waals surface area contributed by atoms with E-state index < -0.39 is 16.0 Å². The molecule has 0 saturated carbocycles. The van der Waals surface area contributed by atoms with Crippen LogP contribution in [0.2, 0.25) is 0 Å². The van der Waals surface area contributed by atoms with Gasteiger partial charge < -0.3 is 4.74 Å². The van der Waals surface area contributed by atoms with Crippen molar-refractivity contribution in [2.75, 3.05) is 13.2 Å². The number of carbonyl (C=O) groups excluding carboxylic acids is 1. The summed E-state index contributed by atoms with van der Waals surface area (Å²) >= 11 is 0. The lowest BCUT2D eigenvalue weighted by molar-refractivity contribution is -0.144. The predicted octanol–water partition coefficient (Wildman–Crippen LogP) is 0.678. The number of esters is 1. The van der Waals surface area contributed by atoms with Crippen molar-refractivity contribution in [2.45, 2.75) is 11.4 Å². The molecule has 0 bridgehead atoms. The van der Waals surface area contributed by atoms with Gasteiger partial charge >= 0.3 is 5.97 Å². The molecule has 2 aromatic carbocycles. The van der Waals surface area contributed by atoms with Crippen molar-refractivity contribution in [1.82, 2.24) is 14.3 Å². The van der Waals surface area contributed by atoms with Crippen molar-refractivity contribution in [3.63, 3.8) is 0 Å².